The maximum absolute atomic E-state index is 11.5. The number of carbonyl (C=O) groups is 1. The van der Waals surface area contributed by atoms with Gasteiger partial charge < -0.3 is 15.2 Å². The molecule has 2 fully saturated rings. The summed E-state index contributed by atoms with van der Waals surface area (Å²) < 4.78 is 5.51. The molecule has 2 rings (SSSR count). The molecule has 0 amide bonds. The minimum Gasteiger partial charge on any atom is -0.481 e. The van der Waals surface area contributed by atoms with Crippen LogP contribution in [0.15, 0.2) is 0 Å². The first-order chi connectivity index (χ1) is 9.86. The van der Waals surface area contributed by atoms with Crippen LogP contribution in [0.4, 0.5) is 0 Å². The van der Waals surface area contributed by atoms with Crippen LogP contribution in [0.3, 0.4) is 0 Å². The zero-order valence-electron chi connectivity index (χ0n) is 13.9. The SMILES string of the molecule is COC1CCCC(NC2CCC(C(=O)O)C(C)(C)C2C)C1. The zero-order chi connectivity index (χ0) is 15.6. The number of carboxylic acids is 1. The molecule has 4 nitrogen and oxygen atoms in total. The summed E-state index contributed by atoms with van der Waals surface area (Å²) in [6.45, 7) is 6.44. The van der Waals surface area contributed by atoms with Gasteiger partial charge >= 0.3 is 5.97 Å². The number of hydrogen-bond donors (Lipinski definition) is 2. The molecule has 0 aliphatic heterocycles. The van der Waals surface area contributed by atoms with Crippen molar-refractivity contribution in [2.45, 2.75) is 77.5 Å². The maximum atomic E-state index is 11.5. The maximum Gasteiger partial charge on any atom is 0.307 e. The van der Waals surface area contributed by atoms with Gasteiger partial charge in [0.2, 0.25) is 0 Å². The smallest absolute Gasteiger partial charge is 0.307 e. The van der Waals surface area contributed by atoms with Crippen molar-refractivity contribution < 1.29 is 14.6 Å². The summed E-state index contributed by atoms with van der Waals surface area (Å²) in [5.41, 5.74) is -0.156. The van der Waals surface area contributed by atoms with E-state index in [0.717, 1.165) is 19.3 Å². The number of ether oxygens (including phenoxy) is 1. The van der Waals surface area contributed by atoms with Gasteiger partial charge in [-0.25, -0.2) is 0 Å². The van der Waals surface area contributed by atoms with Gasteiger partial charge in [-0.1, -0.05) is 20.8 Å². The van der Waals surface area contributed by atoms with E-state index in [2.05, 4.69) is 26.1 Å². The molecule has 0 heterocycles. The fourth-order valence-electron chi connectivity index (χ4n) is 4.29. The Morgan fingerprint density at radius 3 is 2.57 bits per heavy atom. The van der Waals surface area contributed by atoms with E-state index in [1.807, 2.05) is 0 Å². The molecule has 2 saturated carbocycles. The topological polar surface area (TPSA) is 58.6 Å². The molecule has 4 heteroatoms. The number of hydrogen-bond acceptors (Lipinski definition) is 3. The molecule has 5 unspecified atom stereocenters. The molecule has 2 aliphatic rings. The Bertz CT molecular complexity index is 369. The zero-order valence-corrected chi connectivity index (χ0v) is 13.9. The lowest BCUT2D eigenvalue weighted by atomic mass is 9.61. The molecule has 0 radical (unpaired) electrons. The van der Waals surface area contributed by atoms with E-state index in [-0.39, 0.29) is 11.3 Å². The highest BCUT2D eigenvalue weighted by Crippen LogP contribution is 2.45. The van der Waals surface area contributed by atoms with Gasteiger partial charge in [0, 0.05) is 19.2 Å². The predicted molar refractivity (Wildman–Crippen MR) is 83.3 cm³/mol. The van der Waals surface area contributed by atoms with Crippen molar-refractivity contribution in [3.8, 4) is 0 Å². The summed E-state index contributed by atoms with van der Waals surface area (Å²) in [6.07, 6.45) is 6.82. The molecule has 0 aromatic carbocycles. The Morgan fingerprint density at radius 2 is 1.95 bits per heavy atom. The molecule has 2 aliphatic carbocycles. The fraction of sp³-hybridized carbons (Fsp3) is 0.941. The Balaban J connectivity index is 1.97. The van der Waals surface area contributed by atoms with Gasteiger partial charge in [0.15, 0.2) is 0 Å². The Hall–Kier alpha value is -0.610. The van der Waals surface area contributed by atoms with Crippen molar-refractivity contribution >= 4 is 5.97 Å². The molecule has 21 heavy (non-hydrogen) atoms. The monoisotopic (exact) mass is 297 g/mol. The van der Waals surface area contributed by atoms with E-state index in [1.54, 1.807) is 7.11 Å². The molecule has 0 aromatic rings. The predicted octanol–water partition coefficient (Wildman–Crippen LogP) is 3.06. The molecule has 2 N–H and O–H groups in total. The third kappa shape index (κ3) is 3.59. The number of carboxylic acid groups (broad SMARTS) is 1. The first kappa shape index (κ1) is 16.8. The average Bonchev–Trinajstić information content (AvgIpc) is 2.44. The summed E-state index contributed by atoms with van der Waals surface area (Å²) in [4.78, 5) is 11.5. The number of nitrogens with one attached hydrogen (secondary N) is 1. The van der Waals surface area contributed by atoms with Crippen molar-refractivity contribution in [1.29, 1.82) is 0 Å². The highest BCUT2D eigenvalue weighted by atomic mass is 16.5. The van der Waals surface area contributed by atoms with E-state index < -0.39 is 5.97 Å². The second-order valence-corrected chi connectivity index (χ2v) is 7.57. The van der Waals surface area contributed by atoms with Crippen molar-refractivity contribution in [3.63, 3.8) is 0 Å². The highest BCUT2D eigenvalue weighted by Gasteiger charge is 2.46. The second-order valence-electron chi connectivity index (χ2n) is 7.57. The van der Waals surface area contributed by atoms with Crippen LogP contribution in [0.5, 0.6) is 0 Å². The van der Waals surface area contributed by atoms with Crippen LogP contribution >= 0.6 is 0 Å². The Labute approximate surface area is 128 Å². The van der Waals surface area contributed by atoms with Crippen molar-refractivity contribution in [1.82, 2.24) is 5.32 Å². The first-order valence-corrected chi connectivity index (χ1v) is 8.38. The number of rotatable bonds is 4. The second kappa shape index (κ2) is 6.66. The standard InChI is InChI=1S/C17H31NO3/c1-11-15(9-8-14(16(19)20)17(11,2)3)18-12-6-5-7-13(10-12)21-4/h11-15,18H,5-10H2,1-4H3,(H,19,20). The number of methoxy groups -OCH3 is 1. The van der Waals surface area contributed by atoms with Crippen molar-refractivity contribution in [2.24, 2.45) is 17.3 Å². The van der Waals surface area contributed by atoms with Crippen molar-refractivity contribution in [3.05, 3.63) is 0 Å². The van der Waals surface area contributed by atoms with E-state index in [1.165, 1.54) is 19.3 Å². The summed E-state index contributed by atoms with van der Waals surface area (Å²) >= 11 is 0. The third-order valence-electron chi connectivity index (χ3n) is 6.15. The average molecular weight is 297 g/mol. The van der Waals surface area contributed by atoms with Gasteiger partial charge in [-0.2, -0.15) is 0 Å². The van der Waals surface area contributed by atoms with Crippen LogP contribution in [0.2, 0.25) is 0 Å². The van der Waals surface area contributed by atoms with Gasteiger partial charge in [-0.3, -0.25) is 4.79 Å². The van der Waals surface area contributed by atoms with E-state index in [9.17, 15) is 9.90 Å². The highest BCUT2D eigenvalue weighted by molar-refractivity contribution is 5.71. The lowest BCUT2D eigenvalue weighted by molar-refractivity contribution is -0.150. The quantitative estimate of drug-likeness (QED) is 0.837. The fourth-order valence-corrected chi connectivity index (χ4v) is 4.29. The normalized spacial score (nSPS) is 39.9. The lowest BCUT2D eigenvalue weighted by Gasteiger charge is -2.48. The molecule has 122 valence electrons. The van der Waals surface area contributed by atoms with Crippen LogP contribution < -0.4 is 5.32 Å². The Morgan fingerprint density at radius 1 is 1.24 bits per heavy atom. The number of aliphatic carboxylic acids is 1. The molecule has 0 spiro atoms. The molecule has 0 aromatic heterocycles. The van der Waals surface area contributed by atoms with Crippen molar-refractivity contribution in [2.75, 3.05) is 7.11 Å². The van der Waals surface area contributed by atoms with Gasteiger partial charge in [0.1, 0.15) is 0 Å². The largest absolute Gasteiger partial charge is 0.481 e. The first-order valence-electron chi connectivity index (χ1n) is 8.38. The van der Waals surface area contributed by atoms with Gasteiger partial charge in [-0.15, -0.1) is 0 Å². The summed E-state index contributed by atoms with van der Waals surface area (Å²) in [5.74, 6) is -0.485. The van der Waals surface area contributed by atoms with Crippen LogP contribution in [0.1, 0.15) is 59.3 Å². The van der Waals surface area contributed by atoms with Crippen LogP contribution in [-0.4, -0.2) is 36.4 Å². The van der Waals surface area contributed by atoms with Crippen LogP contribution in [-0.2, 0) is 9.53 Å². The minimum atomic E-state index is -0.637. The van der Waals surface area contributed by atoms with E-state index in [4.69, 9.17) is 4.74 Å². The van der Waals surface area contributed by atoms with Crippen LogP contribution in [0.25, 0.3) is 0 Å². The van der Waals surface area contributed by atoms with Gasteiger partial charge in [-0.05, 0) is 49.9 Å². The summed E-state index contributed by atoms with van der Waals surface area (Å²) in [7, 11) is 1.80. The minimum absolute atomic E-state index is 0.156. The van der Waals surface area contributed by atoms with Crippen LogP contribution in [0, 0.1) is 17.3 Å². The lowest BCUT2D eigenvalue weighted by Crippen LogP contribution is -2.54. The summed E-state index contributed by atoms with van der Waals surface area (Å²) in [5, 5.41) is 13.2. The van der Waals surface area contributed by atoms with E-state index in [0.29, 0.717) is 24.1 Å². The molecule has 5 atom stereocenters. The molecular weight excluding hydrogens is 266 g/mol. The Kier molecular flexibility index (Phi) is 5.31. The molecular formula is C17H31NO3. The summed E-state index contributed by atoms with van der Waals surface area (Å²) in [6, 6.07) is 0.949. The van der Waals surface area contributed by atoms with Gasteiger partial charge in [0.25, 0.3) is 0 Å². The van der Waals surface area contributed by atoms with Gasteiger partial charge in [0.05, 0.1) is 12.0 Å². The van der Waals surface area contributed by atoms with E-state index >= 15 is 0 Å². The molecule has 0 saturated heterocycles. The third-order valence-corrected chi connectivity index (χ3v) is 6.15. The molecule has 0 bridgehead atoms.